The summed E-state index contributed by atoms with van der Waals surface area (Å²) in [6, 6.07) is 21.5. The Morgan fingerprint density at radius 2 is 1.11 bits per heavy atom. The average molecular weight is 668 g/mol. The Kier molecular flexibility index (Phi) is 10.4. The average Bonchev–Trinajstić information content (AvgIpc) is 3.44. The van der Waals surface area contributed by atoms with Crippen LogP contribution in [-0.2, 0) is 32.3 Å². The number of carbonyl (C=O) groups excluding carboxylic acids is 4. The second-order valence-electron chi connectivity index (χ2n) is 9.37. The molecule has 224 valence electrons. The number of rotatable bonds is 8. The lowest BCUT2D eigenvalue weighted by molar-refractivity contribution is -0.130. The van der Waals surface area contributed by atoms with Crippen molar-refractivity contribution in [2.45, 2.75) is 33.4 Å². The van der Waals surface area contributed by atoms with Gasteiger partial charge in [0.25, 0.3) is 23.6 Å². The lowest BCUT2D eigenvalue weighted by Crippen LogP contribution is -2.35. The third kappa shape index (κ3) is 7.69. The van der Waals surface area contributed by atoms with E-state index in [4.69, 9.17) is 23.2 Å². The summed E-state index contributed by atoms with van der Waals surface area (Å²) in [4.78, 5) is 58.2. The second-order valence-corrected chi connectivity index (χ2v) is 12.5. The molecule has 2 aromatic carbocycles. The molecule has 2 fully saturated rings. The van der Waals surface area contributed by atoms with Gasteiger partial charge in [0, 0.05) is 34.6 Å². The topological polar surface area (TPSA) is 125 Å². The van der Waals surface area contributed by atoms with E-state index in [1.165, 1.54) is 10.0 Å². The summed E-state index contributed by atoms with van der Waals surface area (Å²) in [6.07, 6.45) is 6.61. The Bertz CT molecular complexity index is 1540. The molecule has 4 aromatic rings. The maximum Gasteiger partial charge on any atom is 0.264 e. The van der Waals surface area contributed by atoms with Gasteiger partial charge in [0.1, 0.15) is 0 Å². The largest absolute Gasteiger partial charge is 0.271 e. The molecule has 2 saturated heterocycles. The number of thioether (sulfide) groups is 2. The van der Waals surface area contributed by atoms with Crippen molar-refractivity contribution in [1.29, 1.82) is 0 Å². The summed E-state index contributed by atoms with van der Waals surface area (Å²) >= 11 is 14.5. The van der Waals surface area contributed by atoms with Gasteiger partial charge in [0.05, 0.1) is 23.1 Å². The van der Waals surface area contributed by atoms with E-state index in [2.05, 4.69) is 20.8 Å². The molecule has 2 aliphatic rings. The summed E-state index contributed by atoms with van der Waals surface area (Å²) in [5.41, 5.74) is 6.94. The minimum absolute atomic E-state index is 0.272. The monoisotopic (exact) mass is 666 g/mol. The van der Waals surface area contributed by atoms with Crippen molar-refractivity contribution in [2.24, 2.45) is 0 Å². The number of amides is 4. The van der Waals surface area contributed by atoms with Crippen LogP contribution in [0.15, 0.2) is 107 Å². The third-order valence-electron chi connectivity index (χ3n) is 6.26. The zero-order chi connectivity index (χ0) is 31.1. The highest BCUT2D eigenvalue weighted by molar-refractivity contribution is 8.01. The fourth-order valence-corrected chi connectivity index (χ4v) is 6.62. The zero-order valence-electron chi connectivity index (χ0n) is 22.8. The number of hydrogen-bond acceptors (Lipinski definition) is 8. The van der Waals surface area contributed by atoms with Crippen molar-refractivity contribution < 1.29 is 19.2 Å². The summed E-state index contributed by atoms with van der Waals surface area (Å²) < 4.78 is 0. The first kappa shape index (κ1) is 31.3. The standard InChI is InChI=1S/2C15H12ClN3O2S/c16-11-5-1-2-6-12(11)22-13-14(20)18-19(15(13)21)9-10-4-3-7-17-8-10;16-11-3-1-2-4-12(11)22-13-14(20)18-19(15(13)21)9-10-5-7-17-8-6-10/h2*1-8,13H,9H2,(H,18,20). The van der Waals surface area contributed by atoms with Gasteiger partial charge >= 0.3 is 0 Å². The summed E-state index contributed by atoms with van der Waals surface area (Å²) in [5, 5.41) is 2.05. The van der Waals surface area contributed by atoms with E-state index in [-0.39, 0.29) is 30.2 Å². The van der Waals surface area contributed by atoms with Crippen LogP contribution >= 0.6 is 46.7 Å². The SMILES string of the molecule is O=C1NN(Cc2cccnc2)C(=O)C1Sc1ccccc1Cl.O=C1NN(Cc2ccncc2)C(=O)C1Sc1ccccc1Cl. The molecule has 6 rings (SSSR count). The number of pyridine rings is 2. The lowest BCUT2D eigenvalue weighted by atomic mass is 10.2. The number of nitrogens with one attached hydrogen (secondary N) is 2. The van der Waals surface area contributed by atoms with Crippen LogP contribution in [0.25, 0.3) is 0 Å². The first-order valence-corrected chi connectivity index (χ1v) is 15.7. The van der Waals surface area contributed by atoms with Crippen LogP contribution < -0.4 is 10.9 Å². The van der Waals surface area contributed by atoms with E-state index in [1.54, 1.807) is 79.4 Å². The summed E-state index contributed by atoms with van der Waals surface area (Å²) in [6.45, 7) is 0.602. The van der Waals surface area contributed by atoms with E-state index < -0.39 is 10.5 Å². The maximum absolute atomic E-state index is 12.4. The van der Waals surface area contributed by atoms with Gasteiger partial charge in [-0.2, -0.15) is 0 Å². The Morgan fingerprint density at radius 3 is 1.59 bits per heavy atom. The highest BCUT2D eigenvalue weighted by atomic mass is 35.5. The highest BCUT2D eigenvalue weighted by Crippen LogP contribution is 2.34. The summed E-state index contributed by atoms with van der Waals surface area (Å²) in [5.74, 6) is -1.21. The number of hydrogen-bond donors (Lipinski definition) is 2. The number of hydrazine groups is 2. The smallest absolute Gasteiger partial charge is 0.264 e. The predicted molar refractivity (Wildman–Crippen MR) is 168 cm³/mol. The highest BCUT2D eigenvalue weighted by Gasteiger charge is 2.41. The van der Waals surface area contributed by atoms with E-state index in [1.807, 2.05) is 18.2 Å². The molecular weight excluding hydrogens is 643 g/mol. The molecule has 0 bridgehead atoms. The normalized spacial score (nSPS) is 17.7. The van der Waals surface area contributed by atoms with Crippen molar-refractivity contribution in [2.75, 3.05) is 0 Å². The van der Waals surface area contributed by atoms with Crippen LogP contribution in [0.1, 0.15) is 11.1 Å². The molecule has 2 aromatic heterocycles. The van der Waals surface area contributed by atoms with E-state index in [9.17, 15) is 19.2 Å². The molecule has 0 saturated carbocycles. The molecule has 4 heterocycles. The Balaban J connectivity index is 0.000000175. The number of aromatic nitrogens is 2. The molecule has 2 aliphatic heterocycles. The fourth-order valence-electron chi connectivity index (χ4n) is 4.12. The van der Waals surface area contributed by atoms with Crippen LogP contribution in [0.5, 0.6) is 0 Å². The van der Waals surface area contributed by atoms with Gasteiger partial charge in [0.15, 0.2) is 10.5 Å². The Labute approximate surface area is 271 Å². The van der Waals surface area contributed by atoms with Gasteiger partial charge in [-0.1, -0.05) is 53.5 Å². The van der Waals surface area contributed by atoms with Crippen LogP contribution in [0.2, 0.25) is 10.0 Å². The fraction of sp³-hybridized carbons (Fsp3) is 0.133. The minimum atomic E-state index is -0.823. The number of nitrogens with zero attached hydrogens (tertiary/aromatic N) is 4. The minimum Gasteiger partial charge on any atom is -0.271 e. The van der Waals surface area contributed by atoms with Crippen LogP contribution in [0, 0.1) is 0 Å². The van der Waals surface area contributed by atoms with Gasteiger partial charge in [-0.15, -0.1) is 23.5 Å². The quantitative estimate of drug-likeness (QED) is 0.263. The predicted octanol–water partition coefficient (Wildman–Crippen LogP) is 4.54. The Hall–Kier alpha value is -4.10. The molecule has 10 nitrogen and oxygen atoms in total. The molecule has 0 radical (unpaired) electrons. The second kappa shape index (κ2) is 14.6. The van der Waals surface area contributed by atoms with Gasteiger partial charge in [-0.3, -0.25) is 40.0 Å². The zero-order valence-corrected chi connectivity index (χ0v) is 25.9. The van der Waals surface area contributed by atoms with E-state index >= 15 is 0 Å². The van der Waals surface area contributed by atoms with E-state index in [0.29, 0.717) is 26.4 Å². The van der Waals surface area contributed by atoms with Crippen molar-refractivity contribution in [3.05, 3.63) is 119 Å². The molecule has 44 heavy (non-hydrogen) atoms. The molecule has 14 heteroatoms. The summed E-state index contributed by atoms with van der Waals surface area (Å²) in [7, 11) is 0. The first-order chi connectivity index (χ1) is 21.3. The van der Waals surface area contributed by atoms with Crippen molar-refractivity contribution in [1.82, 2.24) is 30.8 Å². The number of carbonyl (C=O) groups is 4. The van der Waals surface area contributed by atoms with Gasteiger partial charge in [-0.25, -0.2) is 10.0 Å². The molecule has 2 atom stereocenters. The molecule has 2 unspecified atom stereocenters. The van der Waals surface area contributed by atoms with Crippen molar-refractivity contribution in [3.63, 3.8) is 0 Å². The lowest BCUT2D eigenvalue weighted by Gasteiger charge is -2.15. The van der Waals surface area contributed by atoms with Gasteiger partial charge in [0.2, 0.25) is 0 Å². The van der Waals surface area contributed by atoms with Crippen LogP contribution in [0.3, 0.4) is 0 Å². The van der Waals surface area contributed by atoms with E-state index in [0.717, 1.165) is 34.7 Å². The maximum atomic E-state index is 12.4. The van der Waals surface area contributed by atoms with Crippen molar-refractivity contribution >= 4 is 70.4 Å². The number of benzene rings is 2. The number of halogens is 2. The van der Waals surface area contributed by atoms with Gasteiger partial charge in [-0.05, 0) is 53.6 Å². The van der Waals surface area contributed by atoms with Crippen LogP contribution in [0.4, 0.5) is 0 Å². The van der Waals surface area contributed by atoms with Gasteiger partial charge < -0.3 is 0 Å². The molecule has 4 amide bonds. The molecule has 2 N–H and O–H groups in total. The van der Waals surface area contributed by atoms with Crippen molar-refractivity contribution in [3.8, 4) is 0 Å². The van der Waals surface area contributed by atoms with Crippen LogP contribution in [-0.4, -0.2) is 54.1 Å². The Morgan fingerprint density at radius 1 is 0.614 bits per heavy atom. The first-order valence-electron chi connectivity index (χ1n) is 13.1. The molecular formula is C30H24Cl2N6O4S2. The molecule has 0 aliphatic carbocycles. The third-order valence-corrected chi connectivity index (χ3v) is 9.67. The molecule has 0 spiro atoms.